The highest BCUT2D eigenvalue weighted by Crippen LogP contribution is 2.42. The maximum absolute atomic E-state index is 13.6. The molecule has 5 heterocycles. The van der Waals surface area contributed by atoms with E-state index in [0.29, 0.717) is 24.3 Å². The minimum absolute atomic E-state index is 0.00619. The summed E-state index contributed by atoms with van der Waals surface area (Å²) < 4.78 is 68.1. The molecule has 1 aromatic carbocycles. The average molecular weight is 669 g/mol. The fraction of sp³-hybridized carbons (Fsp3) is 0.483. The van der Waals surface area contributed by atoms with Crippen LogP contribution in [0.25, 0.3) is 11.3 Å². The van der Waals surface area contributed by atoms with Gasteiger partial charge in [0.05, 0.1) is 33.6 Å². The highest BCUT2D eigenvalue weighted by Gasteiger charge is 2.57. The SMILES string of the molecule is Cn1c(-c2cn(CC(F)F)nc2C(F)(F)F)cnc1C(=O)Nc1ccc(C(=O)N2CCC23CN(C(=O)C2CCNCC2)C3)c(Cl)c1. The van der Waals surface area contributed by atoms with Gasteiger partial charge in [0.2, 0.25) is 5.91 Å². The molecular formula is C29H30ClF5N8O3. The van der Waals surface area contributed by atoms with Gasteiger partial charge >= 0.3 is 6.18 Å². The normalized spacial score (nSPS) is 18.1. The molecule has 46 heavy (non-hydrogen) atoms. The summed E-state index contributed by atoms with van der Waals surface area (Å²) in [6.07, 6.45) is -3.62. The summed E-state index contributed by atoms with van der Waals surface area (Å²) in [7, 11) is 1.31. The Morgan fingerprint density at radius 3 is 2.50 bits per heavy atom. The Morgan fingerprint density at radius 2 is 1.89 bits per heavy atom. The van der Waals surface area contributed by atoms with E-state index in [-0.39, 0.29) is 45.5 Å². The summed E-state index contributed by atoms with van der Waals surface area (Å²) in [4.78, 5) is 46.9. The van der Waals surface area contributed by atoms with Crippen molar-refractivity contribution in [2.24, 2.45) is 13.0 Å². The number of carbonyl (C=O) groups is 3. The van der Waals surface area contributed by atoms with Crippen LogP contribution in [0.3, 0.4) is 0 Å². The van der Waals surface area contributed by atoms with Crippen molar-refractivity contribution in [3.8, 4) is 11.3 Å². The molecular weight excluding hydrogens is 639 g/mol. The van der Waals surface area contributed by atoms with Gasteiger partial charge in [-0.15, -0.1) is 0 Å². The number of alkyl halides is 5. The molecule has 0 unspecified atom stereocenters. The number of amides is 3. The highest BCUT2D eigenvalue weighted by molar-refractivity contribution is 6.34. The fourth-order valence-corrected chi connectivity index (χ4v) is 6.62. The molecule has 2 N–H and O–H groups in total. The van der Waals surface area contributed by atoms with Crippen LogP contribution in [0.1, 0.15) is 45.9 Å². The summed E-state index contributed by atoms with van der Waals surface area (Å²) >= 11 is 6.47. The number of piperidine rings is 1. The molecule has 1 spiro atoms. The molecule has 3 aliphatic rings. The summed E-state index contributed by atoms with van der Waals surface area (Å²) in [5.74, 6) is -1.20. The van der Waals surface area contributed by atoms with Crippen LogP contribution >= 0.6 is 11.6 Å². The zero-order valence-electron chi connectivity index (χ0n) is 24.6. The summed E-state index contributed by atoms with van der Waals surface area (Å²) in [5, 5.41) is 9.17. The standard InChI is InChI=1S/C29H30ClF5N8O3/c1-40-21(19-12-42(13-22(31)32)39-23(19)29(33,34)35)11-37-24(40)25(44)38-17-2-3-18(20(30)10-17)27(46)43-9-6-28(43)14-41(15-28)26(45)16-4-7-36-8-5-16/h2-3,10-12,16,22,36H,4-9,13-15H2,1H3,(H,38,44). The zero-order valence-corrected chi connectivity index (χ0v) is 25.3. The summed E-state index contributed by atoms with van der Waals surface area (Å²) in [6, 6.07) is 4.32. The van der Waals surface area contributed by atoms with Gasteiger partial charge in [-0.05, 0) is 50.6 Å². The van der Waals surface area contributed by atoms with Crippen molar-refractivity contribution in [2.75, 3.05) is 38.0 Å². The first-order valence-electron chi connectivity index (χ1n) is 14.6. The first-order chi connectivity index (χ1) is 21.8. The predicted molar refractivity (Wildman–Crippen MR) is 155 cm³/mol. The van der Waals surface area contributed by atoms with E-state index in [2.05, 4.69) is 20.7 Å². The van der Waals surface area contributed by atoms with E-state index in [1.54, 1.807) is 4.90 Å². The quantitative estimate of drug-likeness (QED) is 0.369. The number of likely N-dealkylation sites (tertiary alicyclic amines) is 2. The highest BCUT2D eigenvalue weighted by atomic mass is 35.5. The Bertz CT molecular complexity index is 1680. The van der Waals surface area contributed by atoms with Gasteiger partial charge in [0.1, 0.15) is 6.54 Å². The monoisotopic (exact) mass is 668 g/mol. The molecule has 6 rings (SSSR count). The molecule has 11 nitrogen and oxygen atoms in total. The van der Waals surface area contributed by atoms with Crippen LogP contribution in [0.2, 0.25) is 5.02 Å². The number of hydrogen-bond acceptors (Lipinski definition) is 6. The van der Waals surface area contributed by atoms with Gasteiger partial charge in [-0.1, -0.05) is 11.6 Å². The lowest BCUT2D eigenvalue weighted by Crippen LogP contribution is -2.78. The lowest BCUT2D eigenvalue weighted by atomic mass is 9.76. The Kier molecular flexibility index (Phi) is 8.29. The van der Waals surface area contributed by atoms with Gasteiger partial charge < -0.3 is 25.0 Å². The Labute approximate surface area is 264 Å². The van der Waals surface area contributed by atoms with Gasteiger partial charge in [0, 0.05) is 44.5 Å². The van der Waals surface area contributed by atoms with Crippen molar-refractivity contribution < 1.29 is 36.3 Å². The molecule has 3 amide bonds. The van der Waals surface area contributed by atoms with Crippen LogP contribution in [0, 0.1) is 5.92 Å². The first kappa shape index (κ1) is 31.9. The molecule has 0 bridgehead atoms. The number of imidazole rings is 1. The van der Waals surface area contributed by atoms with E-state index in [9.17, 15) is 36.3 Å². The molecule has 3 fully saturated rings. The van der Waals surface area contributed by atoms with Crippen LogP contribution in [-0.4, -0.2) is 91.5 Å². The molecule has 0 atom stereocenters. The number of carbonyl (C=O) groups excluding carboxylic acids is 3. The van der Waals surface area contributed by atoms with Crippen LogP contribution in [-0.2, 0) is 24.6 Å². The Hall–Kier alpha value is -4.05. The number of aromatic nitrogens is 4. The number of anilines is 1. The van der Waals surface area contributed by atoms with E-state index in [1.807, 2.05) is 4.90 Å². The van der Waals surface area contributed by atoms with Crippen LogP contribution in [0.4, 0.5) is 27.6 Å². The number of rotatable bonds is 7. The second-order valence-electron chi connectivity index (χ2n) is 11.8. The Balaban J connectivity index is 1.12. The van der Waals surface area contributed by atoms with E-state index in [1.165, 1.54) is 25.2 Å². The smallest absolute Gasteiger partial charge is 0.338 e. The third kappa shape index (κ3) is 5.83. The second-order valence-corrected chi connectivity index (χ2v) is 12.2. The molecule has 2 aromatic heterocycles. The van der Waals surface area contributed by atoms with Gasteiger partial charge in [0.15, 0.2) is 11.5 Å². The van der Waals surface area contributed by atoms with E-state index in [4.69, 9.17) is 11.6 Å². The summed E-state index contributed by atoms with van der Waals surface area (Å²) in [5.41, 5.74) is -2.04. The van der Waals surface area contributed by atoms with Gasteiger partial charge in [-0.3, -0.25) is 19.1 Å². The fourth-order valence-electron chi connectivity index (χ4n) is 6.36. The number of hydrogen-bond donors (Lipinski definition) is 2. The number of benzene rings is 1. The van der Waals surface area contributed by atoms with Crippen molar-refractivity contribution in [3.05, 3.63) is 52.7 Å². The van der Waals surface area contributed by atoms with Crippen molar-refractivity contribution >= 4 is 35.0 Å². The molecule has 3 aromatic rings. The number of nitrogens with one attached hydrogen (secondary N) is 2. The topological polar surface area (TPSA) is 117 Å². The van der Waals surface area contributed by atoms with Crippen LogP contribution in [0.5, 0.6) is 0 Å². The maximum atomic E-state index is 13.6. The van der Waals surface area contributed by atoms with Gasteiger partial charge in [-0.25, -0.2) is 13.8 Å². The summed E-state index contributed by atoms with van der Waals surface area (Å²) in [6.45, 7) is 2.09. The van der Waals surface area contributed by atoms with Crippen molar-refractivity contribution in [3.63, 3.8) is 0 Å². The molecule has 0 saturated carbocycles. The molecule has 3 saturated heterocycles. The van der Waals surface area contributed by atoms with E-state index in [0.717, 1.165) is 49.3 Å². The molecule has 3 aliphatic heterocycles. The molecule has 0 radical (unpaired) electrons. The largest absolute Gasteiger partial charge is 0.435 e. The average Bonchev–Trinajstić information content (AvgIpc) is 3.55. The van der Waals surface area contributed by atoms with Crippen molar-refractivity contribution in [1.82, 2.24) is 34.4 Å². The first-order valence-corrected chi connectivity index (χ1v) is 15.0. The molecule has 0 aliphatic carbocycles. The van der Waals surface area contributed by atoms with Gasteiger partial charge in [-0.2, -0.15) is 18.3 Å². The van der Waals surface area contributed by atoms with Gasteiger partial charge in [0.25, 0.3) is 18.2 Å². The minimum Gasteiger partial charge on any atom is -0.338 e. The zero-order chi connectivity index (χ0) is 33.0. The Morgan fingerprint density at radius 1 is 1.17 bits per heavy atom. The van der Waals surface area contributed by atoms with Crippen molar-refractivity contribution in [2.45, 2.75) is 43.9 Å². The third-order valence-electron chi connectivity index (χ3n) is 8.87. The van der Waals surface area contributed by atoms with E-state index < -0.39 is 41.8 Å². The van der Waals surface area contributed by atoms with Crippen LogP contribution in [0.15, 0.2) is 30.6 Å². The lowest BCUT2D eigenvalue weighted by molar-refractivity contribution is -0.159. The number of nitrogens with zero attached hydrogens (tertiary/aromatic N) is 6. The molecule has 17 heteroatoms. The van der Waals surface area contributed by atoms with Crippen LogP contribution < -0.4 is 10.6 Å². The maximum Gasteiger partial charge on any atom is 0.435 e. The minimum atomic E-state index is -4.94. The van der Waals surface area contributed by atoms with E-state index >= 15 is 0 Å². The van der Waals surface area contributed by atoms with Crippen molar-refractivity contribution in [1.29, 1.82) is 0 Å². The second kappa shape index (κ2) is 12.0. The third-order valence-corrected chi connectivity index (χ3v) is 9.18. The number of halogens is 6. The lowest BCUT2D eigenvalue weighted by Gasteiger charge is -2.62. The molecule has 246 valence electrons. The predicted octanol–water partition coefficient (Wildman–Crippen LogP) is 3.90.